The number of aliphatic hydroxyl groups excluding tert-OH is 1. The lowest BCUT2D eigenvalue weighted by Crippen LogP contribution is -2.42. The highest BCUT2D eigenvalue weighted by molar-refractivity contribution is 7.10. The summed E-state index contributed by atoms with van der Waals surface area (Å²) in [6, 6.07) is 8.83. The maximum absolute atomic E-state index is 10.9. The van der Waals surface area contributed by atoms with E-state index in [2.05, 4.69) is 29.3 Å². The number of carbonyl (C=O) groups is 1. The third-order valence-electron chi connectivity index (χ3n) is 6.45. The zero-order valence-electron chi connectivity index (χ0n) is 20.1. The fourth-order valence-electron chi connectivity index (χ4n) is 4.55. The van der Waals surface area contributed by atoms with Gasteiger partial charge in [-0.1, -0.05) is 30.7 Å². The van der Waals surface area contributed by atoms with Crippen molar-refractivity contribution in [2.24, 2.45) is 0 Å². The minimum Gasteiger partial charge on any atom is -0.481 e. The molecule has 0 bridgehead atoms. The van der Waals surface area contributed by atoms with Crippen LogP contribution in [0, 0.1) is 0 Å². The van der Waals surface area contributed by atoms with E-state index in [0.717, 1.165) is 41.5 Å². The van der Waals surface area contributed by atoms with Crippen LogP contribution in [0.15, 0.2) is 29.6 Å². The third kappa shape index (κ3) is 8.04. The summed E-state index contributed by atoms with van der Waals surface area (Å²) in [6.45, 7) is 6.59. The first-order valence-electron chi connectivity index (χ1n) is 12.2. The van der Waals surface area contributed by atoms with E-state index in [1.807, 2.05) is 24.4 Å². The molecule has 34 heavy (non-hydrogen) atoms. The van der Waals surface area contributed by atoms with Crippen molar-refractivity contribution in [1.29, 1.82) is 0 Å². The Labute approximate surface area is 211 Å². The molecule has 1 aliphatic heterocycles. The van der Waals surface area contributed by atoms with Crippen LogP contribution in [0.1, 0.15) is 60.8 Å². The highest BCUT2D eigenvalue weighted by atomic mass is 35.5. The first-order valence-corrected chi connectivity index (χ1v) is 13.4. The summed E-state index contributed by atoms with van der Waals surface area (Å²) < 4.78 is 5.90. The standard InChI is InChI=1S/C26H37ClN2O4S/c1-3-20-13-19(6-8-24(20)27)14-22-5-4-11-29(22)17-28-15-23(30)16-33-18(2)26-21(10-12-34-26)7-9-25(31)32/h6,8,10,12-13,18,22-23,28,30H,3-5,7,9,11,14-17H2,1-2H3,(H,31,32)/t18?,22-,23+/m0/s1. The first-order chi connectivity index (χ1) is 16.4. The molecule has 3 N–H and O–H groups in total. The largest absolute Gasteiger partial charge is 0.481 e. The molecule has 3 rings (SSSR count). The minimum absolute atomic E-state index is 0.109. The molecule has 8 heteroatoms. The van der Waals surface area contributed by atoms with Gasteiger partial charge in [-0.15, -0.1) is 11.3 Å². The van der Waals surface area contributed by atoms with Gasteiger partial charge >= 0.3 is 5.97 Å². The molecule has 1 fully saturated rings. The summed E-state index contributed by atoms with van der Waals surface area (Å²) in [5.41, 5.74) is 3.55. The van der Waals surface area contributed by atoms with Crippen molar-refractivity contribution < 1.29 is 19.7 Å². The number of rotatable bonds is 14. The molecule has 6 nitrogen and oxygen atoms in total. The Bertz CT molecular complexity index is 922. The molecule has 1 unspecified atom stereocenters. The van der Waals surface area contributed by atoms with Crippen LogP contribution in [-0.2, 0) is 28.8 Å². The number of ether oxygens (including phenoxy) is 1. The number of halogens is 1. The number of nitrogens with one attached hydrogen (secondary N) is 1. The fraction of sp³-hybridized carbons (Fsp3) is 0.577. The number of carboxylic acid groups (broad SMARTS) is 1. The number of aliphatic hydroxyl groups is 1. The van der Waals surface area contributed by atoms with E-state index in [9.17, 15) is 9.90 Å². The van der Waals surface area contributed by atoms with Crippen LogP contribution in [0.3, 0.4) is 0 Å². The summed E-state index contributed by atoms with van der Waals surface area (Å²) in [5.74, 6) is -0.800. The van der Waals surface area contributed by atoms with Crippen LogP contribution in [0.5, 0.6) is 0 Å². The fourth-order valence-corrected chi connectivity index (χ4v) is 5.76. The Hall–Kier alpha value is -1.48. The lowest BCUT2D eigenvalue weighted by molar-refractivity contribution is -0.136. The van der Waals surface area contributed by atoms with Crippen LogP contribution < -0.4 is 5.32 Å². The number of thiophene rings is 1. The van der Waals surface area contributed by atoms with E-state index in [0.29, 0.717) is 19.0 Å². The van der Waals surface area contributed by atoms with Crippen molar-refractivity contribution >= 4 is 28.9 Å². The van der Waals surface area contributed by atoms with Gasteiger partial charge in [-0.25, -0.2) is 0 Å². The molecule has 1 aliphatic rings. The second kappa shape index (κ2) is 13.6. The number of aliphatic carboxylic acids is 1. The highest BCUT2D eigenvalue weighted by Gasteiger charge is 2.24. The monoisotopic (exact) mass is 508 g/mol. The van der Waals surface area contributed by atoms with E-state index in [1.165, 1.54) is 24.0 Å². The van der Waals surface area contributed by atoms with Gasteiger partial charge in [0.05, 0.1) is 18.8 Å². The molecule has 2 heterocycles. The molecule has 0 radical (unpaired) electrons. The number of hydrogen-bond acceptors (Lipinski definition) is 6. The van der Waals surface area contributed by atoms with Gasteiger partial charge in [0.2, 0.25) is 0 Å². The van der Waals surface area contributed by atoms with Gasteiger partial charge in [0, 0.05) is 35.6 Å². The first kappa shape index (κ1) is 27.1. The maximum Gasteiger partial charge on any atom is 0.303 e. The second-order valence-corrected chi connectivity index (χ2v) is 10.4. The highest BCUT2D eigenvalue weighted by Crippen LogP contribution is 2.28. The van der Waals surface area contributed by atoms with Crippen molar-refractivity contribution in [2.75, 3.05) is 26.4 Å². The van der Waals surface area contributed by atoms with Crippen molar-refractivity contribution in [3.05, 3.63) is 56.2 Å². The Balaban J connectivity index is 1.39. The summed E-state index contributed by atoms with van der Waals surface area (Å²) in [7, 11) is 0. The molecule has 0 saturated carbocycles. The SMILES string of the molecule is CCc1cc(C[C@@H]2CCCN2CNC[C@@H](O)COC(C)c2sccc2CCC(=O)O)ccc1Cl. The Morgan fingerprint density at radius 1 is 1.35 bits per heavy atom. The molecule has 0 amide bonds. The Kier molecular flexibility index (Phi) is 10.8. The Morgan fingerprint density at radius 3 is 2.94 bits per heavy atom. The van der Waals surface area contributed by atoms with Gasteiger partial charge in [0.25, 0.3) is 0 Å². The molecule has 2 aromatic rings. The van der Waals surface area contributed by atoms with Crippen molar-refractivity contribution in [3.63, 3.8) is 0 Å². The zero-order chi connectivity index (χ0) is 24.5. The van der Waals surface area contributed by atoms with Crippen LogP contribution in [0.4, 0.5) is 0 Å². The van der Waals surface area contributed by atoms with E-state index in [1.54, 1.807) is 11.3 Å². The Morgan fingerprint density at radius 2 is 2.18 bits per heavy atom. The molecular weight excluding hydrogens is 472 g/mol. The predicted molar refractivity (Wildman–Crippen MR) is 138 cm³/mol. The summed E-state index contributed by atoms with van der Waals surface area (Å²) in [5, 5.41) is 25.5. The molecular formula is C26H37ClN2O4S. The summed E-state index contributed by atoms with van der Waals surface area (Å²) >= 11 is 7.84. The van der Waals surface area contributed by atoms with Gasteiger partial charge in [-0.05, 0) is 79.8 Å². The molecule has 0 aliphatic carbocycles. The number of likely N-dealkylation sites (tertiary alicyclic amines) is 1. The van der Waals surface area contributed by atoms with Crippen molar-refractivity contribution in [3.8, 4) is 0 Å². The van der Waals surface area contributed by atoms with E-state index in [-0.39, 0.29) is 19.1 Å². The number of benzene rings is 1. The molecule has 1 aromatic carbocycles. The minimum atomic E-state index is -0.800. The molecule has 1 saturated heterocycles. The van der Waals surface area contributed by atoms with Crippen LogP contribution >= 0.6 is 22.9 Å². The normalized spacial score (nSPS) is 18.3. The zero-order valence-corrected chi connectivity index (χ0v) is 21.7. The van der Waals surface area contributed by atoms with Crippen LogP contribution in [0.2, 0.25) is 5.02 Å². The number of hydrogen-bond donors (Lipinski definition) is 3. The van der Waals surface area contributed by atoms with Gasteiger partial charge in [-0.3, -0.25) is 9.69 Å². The number of aryl methyl sites for hydroxylation is 2. The molecule has 1 aromatic heterocycles. The van der Waals surface area contributed by atoms with Crippen LogP contribution in [0.25, 0.3) is 0 Å². The number of nitrogens with zero attached hydrogens (tertiary/aromatic N) is 1. The molecule has 188 valence electrons. The summed E-state index contributed by atoms with van der Waals surface area (Å²) in [6.07, 6.45) is 4.16. The third-order valence-corrected chi connectivity index (χ3v) is 7.94. The predicted octanol–water partition coefficient (Wildman–Crippen LogP) is 4.67. The maximum atomic E-state index is 10.9. The summed E-state index contributed by atoms with van der Waals surface area (Å²) in [4.78, 5) is 14.4. The quantitative estimate of drug-likeness (QED) is 0.344. The van der Waals surface area contributed by atoms with Crippen molar-refractivity contribution in [2.45, 2.75) is 70.6 Å². The molecule has 3 atom stereocenters. The van der Waals surface area contributed by atoms with Gasteiger partial charge < -0.3 is 20.3 Å². The molecule has 0 spiro atoms. The topological polar surface area (TPSA) is 82.0 Å². The van der Waals surface area contributed by atoms with E-state index < -0.39 is 12.1 Å². The number of carboxylic acids is 1. The van der Waals surface area contributed by atoms with E-state index >= 15 is 0 Å². The van der Waals surface area contributed by atoms with Gasteiger partial charge in [-0.2, -0.15) is 0 Å². The lowest BCUT2D eigenvalue weighted by Gasteiger charge is -2.26. The average molecular weight is 509 g/mol. The smallest absolute Gasteiger partial charge is 0.303 e. The average Bonchev–Trinajstić information content (AvgIpc) is 3.47. The van der Waals surface area contributed by atoms with Crippen molar-refractivity contribution in [1.82, 2.24) is 10.2 Å². The lowest BCUT2D eigenvalue weighted by atomic mass is 10.0. The van der Waals surface area contributed by atoms with E-state index in [4.69, 9.17) is 21.4 Å². The second-order valence-electron chi connectivity index (χ2n) is 9.04. The van der Waals surface area contributed by atoms with Crippen LogP contribution in [-0.4, -0.2) is 59.6 Å². The van der Waals surface area contributed by atoms with Gasteiger partial charge in [0.15, 0.2) is 0 Å². The van der Waals surface area contributed by atoms with Gasteiger partial charge in [0.1, 0.15) is 0 Å².